The van der Waals surface area contributed by atoms with Gasteiger partial charge in [-0.15, -0.1) is 0 Å². The SMILES string of the molecule is COC(=O)[C@@H](NC(=O)c1cc(NC(=O)c2ccccc2)c(=O)n([C@H](C(=O)OC)C(C)C)c1C)C(C)C. The number of aromatic nitrogens is 1. The highest BCUT2D eigenvalue weighted by atomic mass is 16.5. The van der Waals surface area contributed by atoms with Gasteiger partial charge >= 0.3 is 11.9 Å². The summed E-state index contributed by atoms with van der Waals surface area (Å²) in [5.74, 6) is -3.22. The number of carbonyl (C=O) groups is 4. The van der Waals surface area contributed by atoms with Crippen LogP contribution in [0.4, 0.5) is 5.69 Å². The average molecular weight is 500 g/mol. The maximum absolute atomic E-state index is 13.5. The zero-order valence-corrected chi connectivity index (χ0v) is 21.6. The number of amides is 2. The molecule has 10 heteroatoms. The van der Waals surface area contributed by atoms with E-state index >= 15 is 0 Å². The average Bonchev–Trinajstić information content (AvgIpc) is 2.85. The molecule has 10 nitrogen and oxygen atoms in total. The predicted octanol–water partition coefficient (Wildman–Crippen LogP) is 2.71. The molecule has 2 atom stereocenters. The van der Waals surface area contributed by atoms with Gasteiger partial charge in [-0.25, -0.2) is 9.59 Å². The van der Waals surface area contributed by atoms with Crippen LogP contribution in [-0.2, 0) is 19.1 Å². The second-order valence-electron chi connectivity index (χ2n) is 8.98. The smallest absolute Gasteiger partial charge is 0.329 e. The number of pyridine rings is 1. The summed E-state index contributed by atoms with van der Waals surface area (Å²) in [6, 6.07) is 7.46. The number of esters is 2. The summed E-state index contributed by atoms with van der Waals surface area (Å²) in [4.78, 5) is 64.5. The molecule has 0 unspecified atom stereocenters. The summed E-state index contributed by atoms with van der Waals surface area (Å²) in [6.45, 7) is 8.46. The second-order valence-corrected chi connectivity index (χ2v) is 8.98. The Morgan fingerprint density at radius 3 is 1.94 bits per heavy atom. The first kappa shape index (κ1) is 28.3. The van der Waals surface area contributed by atoms with Crippen LogP contribution in [0.3, 0.4) is 0 Å². The summed E-state index contributed by atoms with van der Waals surface area (Å²) in [6.07, 6.45) is 0. The molecule has 1 heterocycles. The third kappa shape index (κ3) is 6.18. The summed E-state index contributed by atoms with van der Waals surface area (Å²) in [5.41, 5.74) is -0.401. The number of nitrogens with zero attached hydrogens (tertiary/aromatic N) is 1. The number of anilines is 1. The first-order valence-corrected chi connectivity index (χ1v) is 11.5. The van der Waals surface area contributed by atoms with E-state index in [9.17, 15) is 24.0 Å². The van der Waals surface area contributed by atoms with Gasteiger partial charge in [0.15, 0.2) is 0 Å². The van der Waals surface area contributed by atoms with Gasteiger partial charge in [0.1, 0.15) is 17.8 Å². The molecule has 0 aliphatic heterocycles. The predicted molar refractivity (Wildman–Crippen MR) is 134 cm³/mol. The van der Waals surface area contributed by atoms with Gasteiger partial charge in [-0.3, -0.25) is 19.0 Å². The molecule has 0 aliphatic rings. The van der Waals surface area contributed by atoms with Crippen molar-refractivity contribution in [3.8, 4) is 0 Å². The van der Waals surface area contributed by atoms with Gasteiger partial charge < -0.3 is 20.1 Å². The van der Waals surface area contributed by atoms with Crippen molar-refractivity contribution in [1.82, 2.24) is 9.88 Å². The molecule has 0 aliphatic carbocycles. The lowest BCUT2D eigenvalue weighted by atomic mass is 10.0. The standard InChI is InChI=1S/C26H33N3O7/c1-14(2)20(25(33)35-6)28-23(31)18-13-19(27-22(30)17-11-9-8-10-12-17)24(32)29(16(18)5)21(15(3)4)26(34)36-7/h8-15,20-21H,1-7H3,(H,27,30)(H,28,31)/t20-,21-/m0/s1. The van der Waals surface area contributed by atoms with Gasteiger partial charge in [0.2, 0.25) is 0 Å². The molecule has 0 spiro atoms. The second kappa shape index (κ2) is 12.1. The molecule has 0 saturated carbocycles. The molecular weight excluding hydrogens is 466 g/mol. The lowest BCUT2D eigenvalue weighted by molar-refractivity contribution is -0.146. The Hall–Kier alpha value is -3.95. The molecule has 2 amide bonds. The minimum atomic E-state index is -1.07. The minimum absolute atomic E-state index is 0.00191. The van der Waals surface area contributed by atoms with Crippen LogP contribution >= 0.6 is 0 Å². The number of rotatable bonds is 9. The maximum Gasteiger partial charge on any atom is 0.329 e. The van der Waals surface area contributed by atoms with Crippen LogP contribution in [-0.4, -0.2) is 48.6 Å². The molecule has 36 heavy (non-hydrogen) atoms. The van der Waals surface area contributed by atoms with Crippen LogP contribution in [0.25, 0.3) is 0 Å². The third-order valence-electron chi connectivity index (χ3n) is 5.78. The van der Waals surface area contributed by atoms with E-state index in [2.05, 4.69) is 10.6 Å². The molecule has 0 saturated heterocycles. The van der Waals surface area contributed by atoms with Crippen LogP contribution in [0.1, 0.15) is 60.1 Å². The van der Waals surface area contributed by atoms with Gasteiger partial charge in [0, 0.05) is 11.3 Å². The van der Waals surface area contributed by atoms with Gasteiger partial charge in [-0.05, 0) is 37.0 Å². The number of nitrogens with one attached hydrogen (secondary N) is 2. The van der Waals surface area contributed by atoms with Crippen molar-refractivity contribution in [1.29, 1.82) is 0 Å². The molecule has 0 fully saturated rings. The highest BCUT2D eigenvalue weighted by Crippen LogP contribution is 2.23. The first-order chi connectivity index (χ1) is 16.9. The Morgan fingerprint density at radius 1 is 0.861 bits per heavy atom. The molecule has 2 rings (SSSR count). The van der Waals surface area contributed by atoms with E-state index in [0.717, 1.165) is 4.57 Å². The molecule has 0 bridgehead atoms. The number of hydrogen-bond donors (Lipinski definition) is 2. The molecule has 2 aromatic rings. The van der Waals surface area contributed by atoms with Crippen molar-refractivity contribution in [3.05, 3.63) is 63.6 Å². The van der Waals surface area contributed by atoms with Crippen molar-refractivity contribution in [2.45, 2.75) is 46.7 Å². The van der Waals surface area contributed by atoms with Gasteiger partial charge in [-0.1, -0.05) is 45.9 Å². The van der Waals surface area contributed by atoms with E-state index in [1.165, 1.54) is 27.2 Å². The zero-order valence-electron chi connectivity index (χ0n) is 21.6. The van der Waals surface area contributed by atoms with Crippen LogP contribution in [0.2, 0.25) is 0 Å². The first-order valence-electron chi connectivity index (χ1n) is 11.5. The van der Waals surface area contributed by atoms with Gasteiger partial charge in [0.25, 0.3) is 17.4 Å². The summed E-state index contributed by atoms with van der Waals surface area (Å²) < 4.78 is 10.9. The van der Waals surface area contributed by atoms with Crippen LogP contribution in [0.15, 0.2) is 41.2 Å². The number of hydrogen-bond acceptors (Lipinski definition) is 7. The van der Waals surface area contributed by atoms with E-state index in [1.54, 1.807) is 58.0 Å². The Balaban J connectivity index is 2.70. The molecule has 2 N–H and O–H groups in total. The zero-order chi connectivity index (χ0) is 27.2. The normalized spacial score (nSPS) is 12.6. The minimum Gasteiger partial charge on any atom is -0.467 e. The van der Waals surface area contributed by atoms with E-state index in [4.69, 9.17) is 9.47 Å². The fourth-order valence-electron chi connectivity index (χ4n) is 3.80. The maximum atomic E-state index is 13.5. The van der Waals surface area contributed by atoms with Crippen molar-refractivity contribution in [2.75, 3.05) is 19.5 Å². The number of benzene rings is 1. The van der Waals surface area contributed by atoms with E-state index in [1.807, 2.05) is 0 Å². The van der Waals surface area contributed by atoms with E-state index in [0.29, 0.717) is 5.56 Å². The topological polar surface area (TPSA) is 133 Å². The van der Waals surface area contributed by atoms with Crippen LogP contribution < -0.4 is 16.2 Å². The third-order valence-corrected chi connectivity index (χ3v) is 5.78. The fraction of sp³-hybridized carbons (Fsp3) is 0.423. The Labute approximate surface area is 210 Å². The molecule has 1 aromatic carbocycles. The molecule has 194 valence electrons. The van der Waals surface area contributed by atoms with E-state index in [-0.39, 0.29) is 28.8 Å². The largest absolute Gasteiger partial charge is 0.467 e. The fourth-order valence-corrected chi connectivity index (χ4v) is 3.80. The van der Waals surface area contributed by atoms with Crippen molar-refractivity contribution >= 4 is 29.4 Å². The van der Waals surface area contributed by atoms with Gasteiger partial charge in [-0.2, -0.15) is 0 Å². The Kier molecular flexibility index (Phi) is 9.54. The lowest BCUT2D eigenvalue weighted by Gasteiger charge is -2.26. The molecular formula is C26H33N3O7. The number of ether oxygens (including phenoxy) is 2. The summed E-state index contributed by atoms with van der Waals surface area (Å²) in [5, 5.41) is 5.19. The van der Waals surface area contributed by atoms with Crippen LogP contribution in [0, 0.1) is 18.8 Å². The molecule has 0 radical (unpaired) electrons. The highest BCUT2D eigenvalue weighted by molar-refractivity contribution is 6.05. The Morgan fingerprint density at radius 2 is 1.44 bits per heavy atom. The lowest BCUT2D eigenvalue weighted by Crippen LogP contribution is -2.46. The Bertz CT molecular complexity index is 1190. The van der Waals surface area contributed by atoms with Crippen molar-refractivity contribution in [2.24, 2.45) is 11.8 Å². The van der Waals surface area contributed by atoms with Crippen LogP contribution in [0.5, 0.6) is 0 Å². The summed E-state index contributed by atoms with van der Waals surface area (Å²) >= 11 is 0. The number of methoxy groups -OCH3 is 2. The number of carbonyl (C=O) groups excluding carboxylic acids is 4. The van der Waals surface area contributed by atoms with Gasteiger partial charge in [0.05, 0.1) is 19.8 Å². The van der Waals surface area contributed by atoms with Crippen molar-refractivity contribution in [3.63, 3.8) is 0 Å². The van der Waals surface area contributed by atoms with E-state index < -0.39 is 41.4 Å². The quantitative estimate of drug-likeness (QED) is 0.507. The van der Waals surface area contributed by atoms with Crippen molar-refractivity contribution < 1.29 is 28.7 Å². The molecule has 1 aromatic heterocycles. The monoisotopic (exact) mass is 499 g/mol. The highest BCUT2D eigenvalue weighted by Gasteiger charge is 2.32. The summed E-state index contributed by atoms with van der Waals surface area (Å²) in [7, 11) is 2.42.